The van der Waals surface area contributed by atoms with Crippen LogP contribution in [0.4, 0.5) is 4.39 Å². The molecule has 0 bridgehead atoms. The second-order valence-electron chi connectivity index (χ2n) is 3.81. The molecule has 2 unspecified atom stereocenters. The van der Waals surface area contributed by atoms with Gasteiger partial charge in [0.1, 0.15) is 17.7 Å². The molecular weight excluding hydrogens is 193 g/mol. The topological polar surface area (TPSA) is 35.2 Å². The molecular formula is C12H18FNO. The third kappa shape index (κ3) is 3.20. The Kier molecular flexibility index (Phi) is 4.09. The SMILES string of the molecule is CCC(N)C(C)Oc1ccc(C)c(F)c1. The van der Waals surface area contributed by atoms with Gasteiger partial charge in [0.25, 0.3) is 0 Å². The lowest BCUT2D eigenvalue weighted by atomic mass is 10.1. The molecule has 0 aromatic heterocycles. The molecule has 0 radical (unpaired) electrons. The van der Waals surface area contributed by atoms with Crippen LogP contribution < -0.4 is 10.5 Å². The summed E-state index contributed by atoms with van der Waals surface area (Å²) in [5.74, 6) is 0.291. The Morgan fingerprint density at radius 3 is 2.67 bits per heavy atom. The van der Waals surface area contributed by atoms with Crippen LogP contribution in [-0.4, -0.2) is 12.1 Å². The summed E-state index contributed by atoms with van der Waals surface area (Å²) < 4.78 is 18.7. The first-order valence-corrected chi connectivity index (χ1v) is 5.23. The first kappa shape index (κ1) is 12.0. The molecule has 0 fully saturated rings. The molecule has 0 saturated heterocycles. The minimum absolute atomic E-state index is 0.0191. The van der Waals surface area contributed by atoms with E-state index in [4.69, 9.17) is 10.5 Å². The molecule has 0 saturated carbocycles. The zero-order chi connectivity index (χ0) is 11.4. The van der Waals surface area contributed by atoms with Crippen molar-refractivity contribution in [3.8, 4) is 5.75 Å². The second kappa shape index (κ2) is 5.12. The van der Waals surface area contributed by atoms with E-state index < -0.39 is 0 Å². The predicted molar refractivity (Wildman–Crippen MR) is 59.5 cm³/mol. The molecule has 1 rings (SSSR count). The van der Waals surface area contributed by atoms with E-state index in [1.54, 1.807) is 19.1 Å². The van der Waals surface area contributed by atoms with Crippen LogP contribution in [0.5, 0.6) is 5.75 Å². The van der Waals surface area contributed by atoms with Crippen molar-refractivity contribution in [1.29, 1.82) is 0 Å². The summed E-state index contributed by atoms with van der Waals surface area (Å²) in [7, 11) is 0. The van der Waals surface area contributed by atoms with Crippen molar-refractivity contribution in [1.82, 2.24) is 0 Å². The van der Waals surface area contributed by atoms with Gasteiger partial charge in [0.15, 0.2) is 0 Å². The summed E-state index contributed by atoms with van der Waals surface area (Å²) >= 11 is 0. The monoisotopic (exact) mass is 211 g/mol. The van der Waals surface area contributed by atoms with Gasteiger partial charge >= 0.3 is 0 Å². The lowest BCUT2D eigenvalue weighted by Gasteiger charge is -2.20. The number of hydrogen-bond donors (Lipinski definition) is 1. The standard InChI is InChI=1S/C12H18FNO/c1-4-12(14)9(3)15-10-6-5-8(2)11(13)7-10/h5-7,9,12H,4,14H2,1-3H3. The molecule has 2 N–H and O–H groups in total. The van der Waals surface area contributed by atoms with E-state index in [2.05, 4.69) is 0 Å². The maximum absolute atomic E-state index is 13.2. The summed E-state index contributed by atoms with van der Waals surface area (Å²) in [5, 5.41) is 0. The summed E-state index contributed by atoms with van der Waals surface area (Å²) in [6, 6.07) is 4.84. The highest BCUT2D eigenvalue weighted by Gasteiger charge is 2.12. The molecule has 0 spiro atoms. The zero-order valence-electron chi connectivity index (χ0n) is 9.46. The largest absolute Gasteiger partial charge is 0.489 e. The van der Waals surface area contributed by atoms with E-state index >= 15 is 0 Å². The van der Waals surface area contributed by atoms with Crippen LogP contribution >= 0.6 is 0 Å². The van der Waals surface area contributed by atoms with Gasteiger partial charge in [0.05, 0.1) is 0 Å². The molecule has 0 aliphatic carbocycles. The summed E-state index contributed by atoms with van der Waals surface area (Å²) in [6.45, 7) is 5.62. The van der Waals surface area contributed by atoms with Crippen LogP contribution in [-0.2, 0) is 0 Å². The van der Waals surface area contributed by atoms with Crippen molar-refractivity contribution in [3.05, 3.63) is 29.6 Å². The van der Waals surface area contributed by atoms with Crippen LogP contribution in [0.25, 0.3) is 0 Å². The first-order valence-electron chi connectivity index (χ1n) is 5.23. The molecule has 1 aromatic carbocycles. The number of aryl methyl sites for hydroxylation is 1. The maximum atomic E-state index is 13.2. The molecule has 0 heterocycles. The van der Waals surface area contributed by atoms with E-state index in [-0.39, 0.29) is 18.0 Å². The van der Waals surface area contributed by atoms with Gasteiger partial charge in [-0.25, -0.2) is 4.39 Å². The van der Waals surface area contributed by atoms with E-state index in [0.29, 0.717) is 11.3 Å². The fourth-order valence-electron chi connectivity index (χ4n) is 1.28. The van der Waals surface area contributed by atoms with E-state index in [1.807, 2.05) is 13.8 Å². The van der Waals surface area contributed by atoms with E-state index in [0.717, 1.165) is 6.42 Å². The zero-order valence-corrected chi connectivity index (χ0v) is 9.46. The predicted octanol–water partition coefficient (Wildman–Crippen LogP) is 2.64. The van der Waals surface area contributed by atoms with E-state index in [1.165, 1.54) is 6.07 Å². The molecule has 84 valence electrons. The summed E-state index contributed by atoms with van der Waals surface area (Å²) in [4.78, 5) is 0. The highest BCUT2D eigenvalue weighted by atomic mass is 19.1. The van der Waals surface area contributed by atoms with Gasteiger partial charge in [-0.05, 0) is 31.9 Å². The fraction of sp³-hybridized carbons (Fsp3) is 0.500. The minimum Gasteiger partial charge on any atom is -0.489 e. The highest BCUT2D eigenvalue weighted by molar-refractivity contribution is 5.28. The first-order chi connectivity index (χ1) is 7.04. The average molecular weight is 211 g/mol. The van der Waals surface area contributed by atoms with Crippen molar-refractivity contribution in [2.75, 3.05) is 0 Å². The van der Waals surface area contributed by atoms with E-state index in [9.17, 15) is 4.39 Å². The van der Waals surface area contributed by atoms with Crippen LogP contribution in [0.1, 0.15) is 25.8 Å². The molecule has 0 amide bonds. The number of hydrogen-bond acceptors (Lipinski definition) is 2. The Morgan fingerprint density at radius 1 is 1.47 bits per heavy atom. The lowest BCUT2D eigenvalue weighted by molar-refractivity contribution is 0.186. The van der Waals surface area contributed by atoms with Crippen molar-refractivity contribution in [2.24, 2.45) is 5.73 Å². The third-order valence-corrected chi connectivity index (χ3v) is 2.54. The average Bonchev–Trinajstić information content (AvgIpc) is 2.22. The van der Waals surface area contributed by atoms with Crippen molar-refractivity contribution < 1.29 is 9.13 Å². The van der Waals surface area contributed by atoms with Crippen molar-refractivity contribution in [3.63, 3.8) is 0 Å². The molecule has 2 nitrogen and oxygen atoms in total. The fourth-order valence-corrected chi connectivity index (χ4v) is 1.28. The normalized spacial score (nSPS) is 14.7. The molecule has 0 aliphatic heterocycles. The van der Waals surface area contributed by atoms with Crippen molar-refractivity contribution in [2.45, 2.75) is 39.3 Å². The van der Waals surface area contributed by atoms with Gasteiger partial charge in [0, 0.05) is 12.1 Å². The van der Waals surface area contributed by atoms with Crippen LogP contribution in [0.2, 0.25) is 0 Å². The number of halogens is 1. The third-order valence-electron chi connectivity index (χ3n) is 2.54. The highest BCUT2D eigenvalue weighted by Crippen LogP contribution is 2.18. The van der Waals surface area contributed by atoms with Gasteiger partial charge < -0.3 is 10.5 Å². The van der Waals surface area contributed by atoms with Gasteiger partial charge in [-0.2, -0.15) is 0 Å². The van der Waals surface area contributed by atoms with Gasteiger partial charge in [-0.3, -0.25) is 0 Å². The Morgan fingerprint density at radius 2 is 2.13 bits per heavy atom. The van der Waals surface area contributed by atoms with Crippen LogP contribution in [0, 0.1) is 12.7 Å². The Labute approximate surface area is 90.2 Å². The van der Waals surface area contributed by atoms with Crippen molar-refractivity contribution >= 4 is 0 Å². The summed E-state index contributed by atoms with van der Waals surface area (Å²) in [5.41, 5.74) is 6.43. The molecule has 3 heteroatoms. The lowest BCUT2D eigenvalue weighted by Crippen LogP contribution is -2.35. The summed E-state index contributed by atoms with van der Waals surface area (Å²) in [6.07, 6.45) is 0.743. The van der Waals surface area contributed by atoms with Crippen LogP contribution in [0.15, 0.2) is 18.2 Å². The minimum atomic E-state index is -0.246. The Hall–Kier alpha value is -1.09. The molecule has 1 aromatic rings. The quantitative estimate of drug-likeness (QED) is 0.831. The van der Waals surface area contributed by atoms with Gasteiger partial charge in [0.2, 0.25) is 0 Å². The number of nitrogens with two attached hydrogens (primary N) is 1. The molecule has 2 atom stereocenters. The van der Waals surface area contributed by atoms with Gasteiger partial charge in [-0.1, -0.05) is 13.0 Å². The number of benzene rings is 1. The number of rotatable bonds is 4. The smallest absolute Gasteiger partial charge is 0.129 e. The van der Waals surface area contributed by atoms with Gasteiger partial charge in [-0.15, -0.1) is 0 Å². The Balaban J connectivity index is 2.68. The maximum Gasteiger partial charge on any atom is 0.129 e. The second-order valence-corrected chi connectivity index (χ2v) is 3.81. The Bertz CT molecular complexity index is 327. The van der Waals surface area contributed by atoms with Crippen LogP contribution in [0.3, 0.4) is 0 Å². The molecule has 15 heavy (non-hydrogen) atoms. The number of ether oxygens (including phenoxy) is 1. The molecule has 0 aliphatic rings.